The minimum Gasteiger partial charge on any atom is -0.481 e. The lowest BCUT2D eigenvalue weighted by molar-refractivity contribution is -0.142. The molecule has 8 heteroatoms. The number of carbonyl (C=O) groups is 4. The lowest BCUT2D eigenvalue weighted by atomic mass is 10.1. The molecular weight excluding hydrogens is 374 g/mol. The van der Waals surface area contributed by atoms with E-state index in [1.807, 2.05) is 36.4 Å². The summed E-state index contributed by atoms with van der Waals surface area (Å²) < 4.78 is 0. The minimum atomic E-state index is -1.03. The van der Waals surface area contributed by atoms with Gasteiger partial charge < -0.3 is 14.9 Å². The number of nitrogens with zero attached hydrogens (tertiary/aromatic N) is 3. The van der Waals surface area contributed by atoms with Crippen molar-refractivity contribution in [1.29, 1.82) is 0 Å². The van der Waals surface area contributed by atoms with Gasteiger partial charge in [-0.25, -0.2) is 9.69 Å². The van der Waals surface area contributed by atoms with Crippen LogP contribution in [0.25, 0.3) is 10.8 Å². The summed E-state index contributed by atoms with van der Waals surface area (Å²) in [5, 5.41) is 10.6. The number of aliphatic carboxylic acids is 1. The lowest BCUT2D eigenvalue weighted by Crippen LogP contribution is -2.54. The van der Waals surface area contributed by atoms with Gasteiger partial charge in [-0.05, 0) is 17.9 Å². The van der Waals surface area contributed by atoms with E-state index in [0.29, 0.717) is 18.7 Å². The summed E-state index contributed by atoms with van der Waals surface area (Å²) >= 11 is 0. The Morgan fingerprint density at radius 1 is 1.03 bits per heavy atom. The molecule has 3 saturated heterocycles. The first-order valence-corrected chi connectivity index (χ1v) is 9.62. The molecule has 0 aliphatic carbocycles. The number of hydrogen-bond acceptors (Lipinski definition) is 4. The van der Waals surface area contributed by atoms with Crippen LogP contribution in [0.4, 0.5) is 10.5 Å². The van der Waals surface area contributed by atoms with Crippen LogP contribution in [0.5, 0.6) is 0 Å². The van der Waals surface area contributed by atoms with Crippen molar-refractivity contribution < 1.29 is 24.3 Å². The molecule has 0 unspecified atom stereocenters. The number of benzene rings is 2. The van der Waals surface area contributed by atoms with Gasteiger partial charge in [-0.2, -0.15) is 0 Å². The Hall–Kier alpha value is -3.42. The molecule has 2 aromatic rings. The van der Waals surface area contributed by atoms with Crippen molar-refractivity contribution in [2.45, 2.75) is 37.4 Å². The summed E-state index contributed by atoms with van der Waals surface area (Å²) in [5.74, 6) is -1.63. The summed E-state index contributed by atoms with van der Waals surface area (Å²) in [6, 6.07) is 11.4. The molecule has 148 valence electrons. The molecular formula is C21H19N3O5. The number of urea groups is 1. The van der Waals surface area contributed by atoms with E-state index >= 15 is 0 Å². The molecule has 4 amide bonds. The van der Waals surface area contributed by atoms with Gasteiger partial charge in [0, 0.05) is 18.4 Å². The monoisotopic (exact) mass is 393 g/mol. The van der Waals surface area contributed by atoms with Crippen molar-refractivity contribution in [3.05, 3.63) is 42.5 Å². The number of amides is 4. The molecule has 8 nitrogen and oxygen atoms in total. The molecule has 29 heavy (non-hydrogen) atoms. The minimum absolute atomic E-state index is 0.0968. The highest BCUT2D eigenvalue weighted by atomic mass is 16.4. The van der Waals surface area contributed by atoms with Gasteiger partial charge in [-0.15, -0.1) is 0 Å². The van der Waals surface area contributed by atoms with Gasteiger partial charge in [-0.1, -0.05) is 36.4 Å². The predicted molar refractivity (Wildman–Crippen MR) is 103 cm³/mol. The molecule has 0 aromatic heterocycles. The zero-order chi connectivity index (χ0) is 20.3. The van der Waals surface area contributed by atoms with Crippen LogP contribution in [0.1, 0.15) is 19.3 Å². The number of carboxylic acids is 1. The van der Waals surface area contributed by atoms with Crippen LogP contribution in [-0.4, -0.2) is 63.4 Å². The first-order valence-electron chi connectivity index (χ1n) is 9.62. The zero-order valence-electron chi connectivity index (χ0n) is 15.5. The molecule has 5 rings (SSSR count). The van der Waals surface area contributed by atoms with Crippen LogP contribution in [0.3, 0.4) is 0 Å². The maximum Gasteiger partial charge on any atom is 0.332 e. The first kappa shape index (κ1) is 17.7. The highest BCUT2D eigenvalue weighted by Gasteiger charge is 2.62. The SMILES string of the molecule is O=C(O)CCC(=O)N1C[C@@H]2C[C@H]1[C@H]1C(=O)N(c3cccc4ccccc34)C(=O)N21. The molecule has 0 saturated carbocycles. The van der Waals surface area contributed by atoms with Crippen LogP contribution in [-0.2, 0) is 14.4 Å². The average Bonchev–Trinajstić information content (AvgIpc) is 3.37. The van der Waals surface area contributed by atoms with Crippen molar-refractivity contribution >= 4 is 40.3 Å². The van der Waals surface area contributed by atoms with Gasteiger partial charge in [0.05, 0.1) is 24.2 Å². The van der Waals surface area contributed by atoms with Gasteiger partial charge in [0.1, 0.15) is 6.04 Å². The zero-order valence-corrected chi connectivity index (χ0v) is 15.5. The van der Waals surface area contributed by atoms with Gasteiger partial charge in [0.2, 0.25) is 5.91 Å². The van der Waals surface area contributed by atoms with Gasteiger partial charge >= 0.3 is 12.0 Å². The third-order valence-electron chi connectivity index (χ3n) is 6.15. The molecule has 3 aliphatic rings. The highest BCUT2D eigenvalue weighted by molar-refractivity contribution is 6.25. The summed E-state index contributed by atoms with van der Waals surface area (Å²) in [6.07, 6.45) is 0.223. The van der Waals surface area contributed by atoms with E-state index in [1.54, 1.807) is 15.9 Å². The van der Waals surface area contributed by atoms with E-state index in [9.17, 15) is 19.2 Å². The van der Waals surface area contributed by atoms with Gasteiger partial charge in [0.15, 0.2) is 0 Å². The Morgan fingerprint density at radius 3 is 2.59 bits per heavy atom. The van der Waals surface area contributed by atoms with E-state index in [1.165, 1.54) is 4.90 Å². The van der Waals surface area contributed by atoms with Gasteiger partial charge in [-0.3, -0.25) is 14.4 Å². The number of imide groups is 1. The summed E-state index contributed by atoms with van der Waals surface area (Å²) in [7, 11) is 0. The quantitative estimate of drug-likeness (QED) is 0.799. The Labute approximate surface area is 166 Å². The van der Waals surface area contributed by atoms with E-state index in [0.717, 1.165) is 10.8 Å². The van der Waals surface area contributed by atoms with Crippen LogP contribution in [0.15, 0.2) is 42.5 Å². The number of rotatable bonds is 4. The van der Waals surface area contributed by atoms with Crippen LogP contribution in [0, 0.1) is 0 Å². The Morgan fingerprint density at radius 2 is 1.79 bits per heavy atom. The molecule has 2 aromatic carbocycles. The number of anilines is 1. The lowest BCUT2D eigenvalue weighted by Gasteiger charge is -2.34. The molecule has 3 aliphatic heterocycles. The molecule has 0 radical (unpaired) electrons. The largest absolute Gasteiger partial charge is 0.481 e. The predicted octanol–water partition coefficient (Wildman–Crippen LogP) is 1.82. The second kappa shape index (κ2) is 6.30. The van der Waals surface area contributed by atoms with Gasteiger partial charge in [0.25, 0.3) is 5.91 Å². The van der Waals surface area contributed by atoms with Crippen LogP contribution >= 0.6 is 0 Å². The highest BCUT2D eigenvalue weighted by Crippen LogP contribution is 2.43. The number of carboxylic acid groups (broad SMARTS) is 1. The molecule has 1 N–H and O–H groups in total. The fourth-order valence-corrected chi connectivity index (χ4v) is 4.93. The average molecular weight is 393 g/mol. The van der Waals surface area contributed by atoms with E-state index in [4.69, 9.17) is 5.11 Å². The second-order valence-corrected chi connectivity index (χ2v) is 7.70. The standard InChI is InChI=1S/C21H19N3O5/c25-17(8-9-18(26)27)22-11-13-10-16(22)19-20(28)24(21(29)23(13)19)15-7-3-5-12-4-1-2-6-14(12)15/h1-7,13,16,19H,8-11H2,(H,26,27)/t13-,16-,19-/m0/s1. The second-order valence-electron chi connectivity index (χ2n) is 7.70. The maximum absolute atomic E-state index is 13.3. The molecule has 3 fully saturated rings. The van der Waals surface area contributed by atoms with Crippen molar-refractivity contribution in [3.8, 4) is 0 Å². The number of piperazine rings is 1. The number of carbonyl (C=O) groups excluding carboxylic acids is 3. The summed E-state index contributed by atoms with van der Waals surface area (Å²) in [5.41, 5.74) is 0.552. The summed E-state index contributed by atoms with van der Waals surface area (Å²) in [6.45, 7) is 0.349. The van der Waals surface area contributed by atoms with E-state index in [2.05, 4.69) is 0 Å². The van der Waals surface area contributed by atoms with Crippen molar-refractivity contribution in [1.82, 2.24) is 9.80 Å². The van der Waals surface area contributed by atoms with Crippen molar-refractivity contribution in [2.75, 3.05) is 11.4 Å². The van der Waals surface area contributed by atoms with Crippen LogP contribution in [0.2, 0.25) is 0 Å². The molecule has 3 atom stereocenters. The van der Waals surface area contributed by atoms with Crippen LogP contribution < -0.4 is 4.90 Å². The first-order chi connectivity index (χ1) is 14.0. The fourth-order valence-electron chi connectivity index (χ4n) is 4.93. The third kappa shape index (κ3) is 2.52. The number of hydrogen-bond donors (Lipinski definition) is 1. The Bertz CT molecular complexity index is 1060. The third-order valence-corrected chi connectivity index (χ3v) is 6.15. The topological polar surface area (TPSA) is 98.2 Å². The van der Waals surface area contributed by atoms with Crippen molar-refractivity contribution in [2.24, 2.45) is 0 Å². The smallest absolute Gasteiger partial charge is 0.332 e. The Balaban J connectivity index is 1.46. The van der Waals surface area contributed by atoms with Crippen molar-refractivity contribution in [3.63, 3.8) is 0 Å². The number of fused-ring (bicyclic) bond motifs is 6. The Kier molecular flexibility index (Phi) is 3.84. The van der Waals surface area contributed by atoms with E-state index in [-0.39, 0.29) is 36.7 Å². The number of likely N-dealkylation sites (tertiary alicyclic amines) is 1. The molecule has 2 bridgehead atoms. The van der Waals surface area contributed by atoms with E-state index < -0.39 is 18.1 Å². The fraction of sp³-hybridized carbons (Fsp3) is 0.333. The maximum atomic E-state index is 13.3. The molecule has 3 heterocycles. The molecule has 0 spiro atoms. The normalized spacial score (nSPS) is 25.2. The summed E-state index contributed by atoms with van der Waals surface area (Å²) in [4.78, 5) is 54.2.